The van der Waals surface area contributed by atoms with Crippen molar-refractivity contribution in [2.75, 3.05) is 0 Å². The van der Waals surface area contributed by atoms with E-state index < -0.39 is 5.97 Å². The van der Waals surface area contributed by atoms with Gasteiger partial charge in [0.2, 0.25) is 0 Å². The van der Waals surface area contributed by atoms with E-state index in [-0.39, 0.29) is 5.56 Å². The van der Waals surface area contributed by atoms with E-state index in [1.54, 1.807) is 19.1 Å². The number of aromatic carboxylic acids is 1. The molecule has 1 heterocycles. The minimum absolute atomic E-state index is 0.244. The Kier molecular flexibility index (Phi) is 4.11. The first-order chi connectivity index (χ1) is 9.10. The molecule has 1 aromatic heterocycles. The van der Waals surface area contributed by atoms with Crippen molar-refractivity contribution in [3.8, 4) is 10.9 Å². The number of benzene rings is 1. The average Bonchev–Trinajstić information content (AvgIpc) is 2.79. The summed E-state index contributed by atoms with van der Waals surface area (Å²) in [6.45, 7) is 3.87. The molecule has 0 saturated heterocycles. The van der Waals surface area contributed by atoms with Crippen LogP contribution in [-0.4, -0.2) is 20.4 Å². The number of carboxylic acids is 1. The van der Waals surface area contributed by atoms with Crippen LogP contribution in [0.1, 0.15) is 35.1 Å². The molecule has 1 N–H and O–H groups in total. The summed E-state index contributed by atoms with van der Waals surface area (Å²) in [5.41, 5.74) is 1.00. The van der Waals surface area contributed by atoms with Crippen molar-refractivity contribution >= 4 is 17.5 Å². The molecular weight excluding hydrogens is 264 g/mol. The normalized spacial score (nSPS) is 10.4. The zero-order chi connectivity index (χ0) is 13.8. The molecule has 2 aromatic rings. The van der Waals surface area contributed by atoms with Crippen LogP contribution in [0.25, 0.3) is 0 Å². The van der Waals surface area contributed by atoms with Crippen molar-refractivity contribution in [3.05, 3.63) is 35.2 Å². The summed E-state index contributed by atoms with van der Waals surface area (Å²) in [6, 6.07) is 4.73. The highest BCUT2D eigenvalue weighted by Crippen LogP contribution is 2.27. The Labute approximate surface area is 115 Å². The summed E-state index contributed by atoms with van der Waals surface area (Å²) < 4.78 is 9.81. The van der Waals surface area contributed by atoms with Gasteiger partial charge in [0.1, 0.15) is 11.6 Å². The molecule has 0 atom stereocenters. The number of nitrogens with zero attached hydrogens (tertiary/aromatic N) is 2. The fraction of sp³-hybridized carbons (Fsp3) is 0.308. The van der Waals surface area contributed by atoms with Gasteiger partial charge in [0.15, 0.2) is 0 Å². The Morgan fingerprint density at radius 1 is 1.47 bits per heavy atom. The molecule has 0 unspecified atom stereocenters. The van der Waals surface area contributed by atoms with Crippen LogP contribution in [0.5, 0.6) is 10.9 Å². The Morgan fingerprint density at radius 2 is 2.26 bits per heavy atom. The van der Waals surface area contributed by atoms with E-state index in [2.05, 4.69) is 16.3 Å². The summed E-state index contributed by atoms with van der Waals surface area (Å²) in [5.74, 6) is 0.433. The second-order valence-corrected chi connectivity index (χ2v) is 4.83. The molecule has 0 bridgehead atoms. The number of hydrogen-bond acceptors (Lipinski definition) is 5. The van der Waals surface area contributed by atoms with Gasteiger partial charge in [-0.05, 0) is 37.1 Å². The van der Waals surface area contributed by atoms with Crippen LogP contribution >= 0.6 is 11.5 Å². The fourth-order valence-electron chi connectivity index (χ4n) is 1.60. The van der Waals surface area contributed by atoms with Crippen molar-refractivity contribution in [1.29, 1.82) is 0 Å². The number of rotatable bonds is 5. The number of carboxylic acid groups (broad SMARTS) is 1. The van der Waals surface area contributed by atoms with Crippen LogP contribution in [0.2, 0.25) is 0 Å². The largest absolute Gasteiger partial charge is 0.478 e. The van der Waals surface area contributed by atoms with Crippen LogP contribution in [0, 0.1) is 6.92 Å². The lowest BCUT2D eigenvalue weighted by atomic mass is 10.1. The Bertz CT molecular complexity index is 595. The second kappa shape index (κ2) is 5.79. The van der Waals surface area contributed by atoms with E-state index in [1.165, 1.54) is 17.6 Å². The quantitative estimate of drug-likeness (QED) is 0.908. The first-order valence-corrected chi connectivity index (χ1v) is 6.72. The number of hydrogen-bond donors (Lipinski definition) is 1. The van der Waals surface area contributed by atoms with Crippen molar-refractivity contribution in [2.45, 2.75) is 26.7 Å². The highest BCUT2D eigenvalue weighted by atomic mass is 32.1. The van der Waals surface area contributed by atoms with E-state index >= 15 is 0 Å². The van der Waals surface area contributed by atoms with E-state index in [0.717, 1.165) is 24.2 Å². The molecule has 1 aromatic carbocycles. The van der Waals surface area contributed by atoms with Crippen LogP contribution in [-0.2, 0) is 6.42 Å². The van der Waals surface area contributed by atoms with Crippen LogP contribution in [0.3, 0.4) is 0 Å². The summed E-state index contributed by atoms with van der Waals surface area (Å²) >= 11 is 1.20. The monoisotopic (exact) mass is 278 g/mol. The molecule has 5 nitrogen and oxygen atoms in total. The minimum atomic E-state index is -0.948. The van der Waals surface area contributed by atoms with Gasteiger partial charge in [0, 0.05) is 18.0 Å². The maximum atomic E-state index is 10.8. The first-order valence-electron chi connectivity index (χ1n) is 5.94. The Balaban J connectivity index is 2.16. The van der Waals surface area contributed by atoms with Crippen molar-refractivity contribution in [2.24, 2.45) is 0 Å². The highest BCUT2D eigenvalue weighted by Gasteiger charge is 2.10. The zero-order valence-electron chi connectivity index (χ0n) is 10.7. The SMILES string of the molecule is CCCc1nsc(Oc2ccc(C(=O)O)cc2C)n1. The van der Waals surface area contributed by atoms with Crippen LogP contribution < -0.4 is 4.74 Å². The third-order valence-corrected chi connectivity index (χ3v) is 3.18. The van der Waals surface area contributed by atoms with Gasteiger partial charge in [-0.2, -0.15) is 9.36 Å². The fourth-order valence-corrected chi connectivity index (χ4v) is 2.18. The van der Waals surface area contributed by atoms with Crippen molar-refractivity contribution in [3.63, 3.8) is 0 Å². The number of aryl methyl sites for hydroxylation is 2. The minimum Gasteiger partial charge on any atom is -0.478 e. The van der Waals surface area contributed by atoms with Gasteiger partial charge >= 0.3 is 5.97 Å². The Morgan fingerprint density at radius 3 is 2.89 bits per heavy atom. The number of aromatic nitrogens is 2. The lowest BCUT2D eigenvalue weighted by Gasteiger charge is -2.05. The number of carbonyl (C=O) groups is 1. The maximum Gasteiger partial charge on any atom is 0.335 e. The van der Waals surface area contributed by atoms with E-state index in [9.17, 15) is 4.79 Å². The molecule has 0 aliphatic carbocycles. The van der Waals surface area contributed by atoms with Gasteiger partial charge in [0.25, 0.3) is 5.19 Å². The summed E-state index contributed by atoms with van der Waals surface area (Å²) in [7, 11) is 0. The number of ether oxygens (including phenoxy) is 1. The van der Waals surface area contributed by atoms with Crippen LogP contribution in [0.15, 0.2) is 18.2 Å². The summed E-state index contributed by atoms with van der Waals surface area (Å²) in [6.07, 6.45) is 1.82. The Hall–Kier alpha value is -1.95. The maximum absolute atomic E-state index is 10.8. The third-order valence-electron chi connectivity index (χ3n) is 2.54. The predicted molar refractivity (Wildman–Crippen MR) is 72.1 cm³/mol. The van der Waals surface area contributed by atoms with Gasteiger partial charge in [-0.15, -0.1) is 0 Å². The van der Waals surface area contributed by atoms with Gasteiger partial charge in [-0.3, -0.25) is 0 Å². The van der Waals surface area contributed by atoms with Gasteiger partial charge < -0.3 is 9.84 Å². The summed E-state index contributed by atoms with van der Waals surface area (Å²) in [4.78, 5) is 15.1. The zero-order valence-corrected chi connectivity index (χ0v) is 11.5. The molecule has 0 aliphatic heterocycles. The molecule has 0 radical (unpaired) electrons. The van der Waals surface area contributed by atoms with Crippen molar-refractivity contribution in [1.82, 2.24) is 9.36 Å². The van der Waals surface area contributed by atoms with Gasteiger partial charge in [0.05, 0.1) is 5.56 Å². The lowest BCUT2D eigenvalue weighted by molar-refractivity contribution is 0.0697. The highest BCUT2D eigenvalue weighted by molar-refractivity contribution is 7.07. The van der Waals surface area contributed by atoms with Gasteiger partial charge in [-0.25, -0.2) is 4.79 Å². The molecule has 2 rings (SSSR count). The molecule has 19 heavy (non-hydrogen) atoms. The standard InChI is InChI=1S/C13H14N2O3S/c1-3-4-11-14-13(19-15-11)18-10-6-5-9(12(16)17)7-8(10)2/h5-7H,3-4H2,1-2H3,(H,16,17). The molecule has 0 amide bonds. The van der Waals surface area contributed by atoms with Gasteiger partial charge in [-0.1, -0.05) is 6.92 Å². The van der Waals surface area contributed by atoms with E-state index in [0.29, 0.717) is 10.9 Å². The van der Waals surface area contributed by atoms with Crippen LogP contribution in [0.4, 0.5) is 0 Å². The molecule has 0 spiro atoms. The average molecular weight is 278 g/mol. The molecule has 100 valence electrons. The van der Waals surface area contributed by atoms with E-state index in [1.807, 2.05) is 0 Å². The first kappa shape index (κ1) is 13.5. The molecular formula is C13H14N2O3S. The predicted octanol–water partition coefficient (Wildman–Crippen LogP) is 3.29. The molecule has 0 fully saturated rings. The molecule has 0 aliphatic rings. The summed E-state index contributed by atoms with van der Waals surface area (Å²) in [5, 5.41) is 9.37. The smallest absolute Gasteiger partial charge is 0.335 e. The second-order valence-electron chi connectivity index (χ2n) is 4.11. The lowest BCUT2D eigenvalue weighted by Crippen LogP contribution is -1.97. The van der Waals surface area contributed by atoms with E-state index in [4.69, 9.17) is 9.84 Å². The topological polar surface area (TPSA) is 72.3 Å². The van der Waals surface area contributed by atoms with Crippen molar-refractivity contribution < 1.29 is 14.6 Å². The molecule has 0 saturated carbocycles. The molecule has 6 heteroatoms. The third kappa shape index (κ3) is 3.29.